The molecule has 1 aromatic carbocycles. The Hall–Kier alpha value is -2.60. The van der Waals surface area contributed by atoms with Gasteiger partial charge in [-0.3, -0.25) is 14.5 Å². The van der Waals surface area contributed by atoms with Crippen molar-refractivity contribution in [3.05, 3.63) is 47.7 Å². The van der Waals surface area contributed by atoms with Crippen molar-refractivity contribution in [2.45, 2.75) is 31.8 Å². The van der Waals surface area contributed by atoms with Crippen molar-refractivity contribution in [1.29, 1.82) is 0 Å². The summed E-state index contributed by atoms with van der Waals surface area (Å²) in [5, 5.41) is 5.81. The molecule has 3 fully saturated rings. The number of fused-ring (bicyclic) bond motifs is 3. The van der Waals surface area contributed by atoms with Crippen molar-refractivity contribution in [3.8, 4) is 11.3 Å². The number of rotatable bonds is 4. The molecule has 3 saturated heterocycles. The lowest BCUT2D eigenvalue weighted by atomic mass is 9.79. The Labute approximate surface area is 158 Å². The Bertz CT molecular complexity index is 850. The maximum atomic E-state index is 12.8. The van der Waals surface area contributed by atoms with E-state index in [0.29, 0.717) is 28.8 Å². The third-order valence-electron chi connectivity index (χ3n) is 5.97. The van der Waals surface area contributed by atoms with Crippen LogP contribution in [0, 0.1) is 5.92 Å². The minimum absolute atomic E-state index is 0.159. The van der Waals surface area contributed by atoms with Gasteiger partial charge in [0.15, 0.2) is 5.76 Å². The first-order valence-corrected chi connectivity index (χ1v) is 9.54. The van der Waals surface area contributed by atoms with Gasteiger partial charge in [0.05, 0.1) is 5.56 Å². The third-order valence-corrected chi connectivity index (χ3v) is 5.97. The number of nitrogens with zero attached hydrogens (tertiary/aromatic N) is 1. The van der Waals surface area contributed by atoms with E-state index in [1.807, 2.05) is 12.1 Å². The van der Waals surface area contributed by atoms with Gasteiger partial charge in [0.1, 0.15) is 5.76 Å². The van der Waals surface area contributed by atoms with Crippen LogP contribution in [-0.4, -0.2) is 48.9 Å². The normalized spacial score (nSPS) is 26.6. The molecule has 2 amide bonds. The number of carbonyl (C=O) groups is 2. The predicted molar refractivity (Wildman–Crippen MR) is 103 cm³/mol. The van der Waals surface area contributed by atoms with Crippen molar-refractivity contribution in [2.75, 3.05) is 20.1 Å². The summed E-state index contributed by atoms with van der Waals surface area (Å²) in [7, 11) is 1.59. The minimum Gasteiger partial charge on any atom is -0.451 e. The highest BCUT2D eigenvalue weighted by Gasteiger charge is 2.40. The van der Waals surface area contributed by atoms with Gasteiger partial charge < -0.3 is 15.1 Å². The molecule has 4 heterocycles. The summed E-state index contributed by atoms with van der Waals surface area (Å²) in [4.78, 5) is 27.3. The number of piperidine rings is 3. The molecule has 1 aromatic heterocycles. The summed E-state index contributed by atoms with van der Waals surface area (Å²) in [6.07, 6.45) is 2.27. The largest absolute Gasteiger partial charge is 0.451 e. The first-order chi connectivity index (χ1) is 13.1. The van der Waals surface area contributed by atoms with E-state index in [4.69, 9.17) is 4.42 Å². The van der Waals surface area contributed by atoms with Crippen molar-refractivity contribution >= 4 is 11.8 Å². The average molecular weight is 367 g/mol. The molecule has 2 aromatic rings. The molecule has 2 N–H and O–H groups in total. The molecule has 0 unspecified atom stereocenters. The van der Waals surface area contributed by atoms with Crippen molar-refractivity contribution in [3.63, 3.8) is 0 Å². The highest BCUT2D eigenvalue weighted by Crippen LogP contribution is 2.32. The lowest BCUT2D eigenvalue weighted by Crippen LogP contribution is -2.62. The van der Waals surface area contributed by atoms with E-state index in [1.165, 1.54) is 0 Å². The van der Waals surface area contributed by atoms with E-state index < -0.39 is 0 Å². The van der Waals surface area contributed by atoms with E-state index in [2.05, 4.69) is 22.5 Å². The second-order valence-electron chi connectivity index (χ2n) is 7.40. The molecule has 2 bridgehead atoms. The van der Waals surface area contributed by atoms with E-state index in [0.717, 1.165) is 25.9 Å². The van der Waals surface area contributed by atoms with Gasteiger partial charge in [0, 0.05) is 24.7 Å². The fourth-order valence-corrected chi connectivity index (χ4v) is 4.40. The van der Waals surface area contributed by atoms with Crippen LogP contribution >= 0.6 is 0 Å². The fourth-order valence-electron chi connectivity index (χ4n) is 4.40. The number of amides is 2. The van der Waals surface area contributed by atoms with E-state index >= 15 is 0 Å². The van der Waals surface area contributed by atoms with Gasteiger partial charge >= 0.3 is 0 Å². The molecule has 6 nitrogen and oxygen atoms in total. The third kappa shape index (κ3) is 3.25. The summed E-state index contributed by atoms with van der Waals surface area (Å²) in [5.74, 6) is 0.956. The van der Waals surface area contributed by atoms with E-state index in [9.17, 15) is 9.59 Å². The lowest BCUT2D eigenvalue weighted by molar-refractivity contribution is 0.0211. The minimum atomic E-state index is -0.190. The Morgan fingerprint density at radius 2 is 1.81 bits per heavy atom. The summed E-state index contributed by atoms with van der Waals surface area (Å²) >= 11 is 0. The van der Waals surface area contributed by atoms with Crippen LogP contribution in [-0.2, 0) is 0 Å². The summed E-state index contributed by atoms with van der Waals surface area (Å²) < 4.78 is 5.82. The Morgan fingerprint density at radius 3 is 2.52 bits per heavy atom. The number of nitrogens with one attached hydrogen (secondary N) is 2. The molecule has 0 aliphatic carbocycles. The quantitative estimate of drug-likeness (QED) is 0.871. The van der Waals surface area contributed by atoms with Crippen molar-refractivity contribution < 1.29 is 14.0 Å². The molecule has 3 aliphatic heterocycles. The maximum absolute atomic E-state index is 12.8. The zero-order valence-electron chi connectivity index (χ0n) is 15.7. The van der Waals surface area contributed by atoms with Gasteiger partial charge in [-0.2, -0.15) is 0 Å². The smallest absolute Gasteiger partial charge is 0.287 e. The number of carbonyl (C=O) groups excluding carboxylic acids is 2. The van der Waals surface area contributed by atoms with Crippen LogP contribution < -0.4 is 10.6 Å². The van der Waals surface area contributed by atoms with Crippen LogP contribution in [0.5, 0.6) is 0 Å². The molecular weight excluding hydrogens is 342 g/mol. The molecule has 0 spiro atoms. The summed E-state index contributed by atoms with van der Waals surface area (Å²) in [6.45, 7) is 4.43. The monoisotopic (exact) mass is 367 g/mol. The Morgan fingerprint density at radius 1 is 1.07 bits per heavy atom. The Balaban J connectivity index is 1.53. The zero-order valence-corrected chi connectivity index (χ0v) is 15.7. The van der Waals surface area contributed by atoms with Crippen molar-refractivity contribution in [1.82, 2.24) is 15.5 Å². The molecule has 0 radical (unpaired) electrons. The van der Waals surface area contributed by atoms with Gasteiger partial charge in [-0.15, -0.1) is 0 Å². The molecule has 27 heavy (non-hydrogen) atoms. The van der Waals surface area contributed by atoms with Crippen LogP contribution in [0.2, 0.25) is 0 Å². The van der Waals surface area contributed by atoms with Crippen LogP contribution in [0.4, 0.5) is 0 Å². The first-order valence-electron chi connectivity index (χ1n) is 9.54. The number of furan rings is 1. The lowest BCUT2D eigenvalue weighted by Gasteiger charge is -2.49. The molecular formula is C21H25N3O3. The fraction of sp³-hybridized carbons (Fsp3) is 0.429. The molecule has 142 valence electrons. The standard InChI is InChI=1S/C21H25N3O3/c1-13-19(14-9-11-24(13)12-10-14)23-21(26)18-8-7-17(27-18)15-5-3-4-6-16(15)20(25)22-2/h3-8,13-14,19H,9-12H2,1-2H3,(H,22,25)(H,23,26)/t13-,19-/m0/s1. The first kappa shape index (κ1) is 17.8. The number of hydrogen-bond acceptors (Lipinski definition) is 4. The zero-order chi connectivity index (χ0) is 19.0. The summed E-state index contributed by atoms with van der Waals surface area (Å²) in [5.41, 5.74) is 1.19. The van der Waals surface area contributed by atoms with Crippen LogP contribution in [0.15, 0.2) is 40.8 Å². The second kappa shape index (κ2) is 7.19. The van der Waals surface area contributed by atoms with Gasteiger partial charge in [0.25, 0.3) is 11.8 Å². The highest BCUT2D eigenvalue weighted by atomic mass is 16.4. The molecule has 3 aliphatic rings. The average Bonchev–Trinajstić information content (AvgIpc) is 3.20. The second-order valence-corrected chi connectivity index (χ2v) is 7.40. The van der Waals surface area contributed by atoms with Gasteiger partial charge in [0.2, 0.25) is 0 Å². The summed E-state index contributed by atoms with van der Waals surface area (Å²) in [6, 6.07) is 11.1. The van der Waals surface area contributed by atoms with Crippen LogP contribution in [0.25, 0.3) is 11.3 Å². The molecule has 6 heteroatoms. The van der Waals surface area contributed by atoms with Gasteiger partial charge in [-0.05, 0) is 57.0 Å². The van der Waals surface area contributed by atoms with Crippen molar-refractivity contribution in [2.24, 2.45) is 5.92 Å². The van der Waals surface area contributed by atoms with Crippen LogP contribution in [0.3, 0.4) is 0 Å². The van der Waals surface area contributed by atoms with E-state index in [1.54, 1.807) is 31.3 Å². The molecule has 5 rings (SSSR count). The molecule has 2 atom stereocenters. The SMILES string of the molecule is CNC(=O)c1ccccc1-c1ccc(C(=O)N[C@@H]2C3CCN(CC3)[C@H]2C)o1. The maximum Gasteiger partial charge on any atom is 0.287 e. The van der Waals surface area contributed by atoms with Crippen LogP contribution in [0.1, 0.15) is 40.7 Å². The molecule has 0 saturated carbocycles. The number of hydrogen-bond donors (Lipinski definition) is 2. The van der Waals surface area contributed by atoms with Gasteiger partial charge in [-0.25, -0.2) is 0 Å². The highest BCUT2D eigenvalue weighted by molar-refractivity contribution is 6.00. The topological polar surface area (TPSA) is 74.6 Å². The Kier molecular flexibility index (Phi) is 4.74. The number of benzene rings is 1. The van der Waals surface area contributed by atoms with Gasteiger partial charge in [-0.1, -0.05) is 18.2 Å². The predicted octanol–water partition coefficient (Wildman–Crippen LogP) is 2.52. The van der Waals surface area contributed by atoms with E-state index in [-0.39, 0.29) is 23.6 Å².